The Morgan fingerprint density at radius 1 is 1.55 bits per heavy atom. The van der Waals surface area contributed by atoms with Gasteiger partial charge < -0.3 is 5.32 Å². The molecule has 0 fully saturated rings. The average Bonchev–Trinajstić information content (AvgIpc) is 2.06. The molecule has 0 unspecified atom stereocenters. The minimum absolute atomic E-state index is 0.815. The molecule has 0 aliphatic rings. The molecular weight excluding hydrogens is 272 g/mol. The Balaban J connectivity index is 2.65. The van der Waals surface area contributed by atoms with E-state index in [4.69, 9.17) is 0 Å². The van der Waals surface area contributed by atoms with E-state index in [2.05, 4.69) is 42.2 Å². The van der Waals surface area contributed by atoms with Crippen LogP contribution >= 0.6 is 31.9 Å². The zero-order valence-corrected chi connectivity index (χ0v) is 8.76. The number of hydrogen-bond donors (Lipinski definition) is 1. The van der Waals surface area contributed by atoms with E-state index < -0.39 is 0 Å². The summed E-state index contributed by atoms with van der Waals surface area (Å²) in [5, 5.41) is 3.01. The van der Waals surface area contributed by atoms with Crippen molar-refractivity contribution in [1.82, 2.24) is 4.98 Å². The van der Waals surface area contributed by atoms with Crippen molar-refractivity contribution in [2.75, 3.05) is 5.32 Å². The summed E-state index contributed by atoms with van der Waals surface area (Å²) >= 11 is 6.45. The predicted octanol–water partition coefficient (Wildman–Crippen LogP) is 3.08. The fourth-order valence-corrected chi connectivity index (χ4v) is 0.904. The van der Waals surface area contributed by atoms with Crippen LogP contribution in [0.2, 0.25) is 0 Å². The Morgan fingerprint density at radius 2 is 2.36 bits per heavy atom. The lowest BCUT2D eigenvalue weighted by Crippen LogP contribution is -1.93. The number of anilines is 1. The standard InChI is InChI=1S/C7H6Br2N2/c8-5-6(9)11-7-3-1-2-4-10-7/h1-5H,(H,10,11)/b6-5+. The second-order valence-corrected chi connectivity index (χ2v) is 3.11. The Labute approximate surface area is 82.0 Å². The Morgan fingerprint density at radius 3 is 2.91 bits per heavy atom. The van der Waals surface area contributed by atoms with Gasteiger partial charge in [0.1, 0.15) is 5.82 Å². The van der Waals surface area contributed by atoms with Gasteiger partial charge in [0, 0.05) is 11.2 Å². The van der Waals surface area contributed by atoms with E-state index in [0.717, 1.165) is 10.4 Å². The molecule has 0 saturated carbocycles. The molecule has 0 atom stereocenters. The summed E-state index contributed by atoms with van der Waals surface area (Å²) in [6.07, 6.45) is 1.73. The fourth-order valence-electron chi connectivity index (χ4n) is 0.586. The van der Waals surface area contributed by atoms with E-state index in [0.29, 0.717) is 0 Å². The lowest BCUT2D eigenvalue weighted by atomic mass is 10.5. The van der Waals surface area contributed by atoms with Crippen LogP contribution in [-0.2, 0) is 0 Å². The summed E-state index contributed by atoms with van der Waals surface area (Å²) in [5.74, 6) is 0.815. The van der Waals surface area contributed by atoms with Crippen LogP contribution < -0.4 is 5.32 Å². The van der Waals surface area contributed by atoms with Crippen LogP contribution in [0.4, 0.5) is 5.82 Å². The van der Waals surface area contributed by atoms with Crippen LogP contribution in [0.5, 0.6) is 0 Å². The van der Waals surface area contributed by atoms with E-state index in [1.54, 1.807) is 11.2 Å². The minimum atomic E-state index is 0.815. The zero-order valence-electron chi connectivity index (χ0n) is 5.59. The van der Waals surface area contributed by atoms with Crippen molar-refractivity contribution < 1.29 is 0 Å². The second-order valence-electron chi connectivity index (χ2n) is 1.80. The molecule has 1 aromatic heterocycles. The van der Waals surface area contributed by atoms with Gasteiger partial charge in [-0.2, -0.15) is 0 Å². The molecule has 0 aromatic carbocycles. The highest BCUT2D eigenvalue weighted by atomic mass is 79.9. The second kappa shape index (κ2) is 4.51. The van der Waals surface area contributed by atoms with Crippen LogP contribution in [0.25, 0.3) is 0 Å². The first-order chi connectivity index (χ1) is 5.33. The van der Waals surface area contributed by atoms with Crippen LogP contribution in [-0.4, -0.2) is 4.98 Å². The van der Waals surface area contributed by atoms with E-state index in [9.17, 15) is 0 Å². The van der Waals surface area contributed by atoms with Gasteiger partial charge in [0.2, 0.25) is 0 Å². The number of hydrogen-bond acceptors (Lipinski definition) is 2. The fraction of sp³-hybridized carbons (Fsp3) is 0. The molecular formula is C7H6Br2N2. The highest BCUT2D eigenvalue weighted by molar-refractivity contribution is 9.14. The van der Waals surface area contributed by atoms with Crippen LogP contribution in [0, 0.1) is 0 Å². The average molecular weight is 278 g/mol. The smallest absolute Gasteiger partial charge is 0.130 e. The largest absolute Gasteiger partial charge is 0.334 e. The molecule has 4 heteroatoms. The van der Waals surface area contributed by atoms with Crippen LogP contribution in [0.15, 0.2) is 34.0 Å². The highest BCUT2D eigenvalue weighted by Gasteiger charge is 1.90. The molecule has 1 heterocycles. The van der Waals surface area contributed by atoms with Crippen LogP contribution in [0.1, 0.15) is 0 Å². The number of aromatic nitrogens is 1. The third-order valence-electron chi connectivity index (χ3n) is 1.01. The lowest BCUT2D eigenvalue weighted by Gasteiger charge is -2.00. The maximum atomic E-state index is 4.06. The molecule has 1 aromatic rings. The first kappa shape index (κ1) is 8.74. The molecule has 0 radical (unpaired) electrons. The summed E-state index contributed by atoms with van der Waals surface area (Å²) in [4.78, 5) is 5.80. The third-order valence-corrected chi connectivity index (χ3v) is 2.51. The van der Waals surface area contributed by atoms with Crippen LogP contribution in [0.3, 0.4) is 0 Å². The van der Waals surface area contributed by atoms with E-state index in [1.807, 2.05) is 18.2 Å². The van der Waals surface area contributed by atoms with Gasteiger partial charge in [0.05, 0.1) is 4.61 Å². The van der Waals surface area contributed by atoms with E-state index in [1.165, 1.54) is 0 Å². The quantitative estimate of drug-likeness (QED) is 0.841. The van der Waals surface area contributed by atoms with Crippen molar-refractivity contribution in [3.63, 3.8) is 0 Å². The number of rotatable bonds is 2. The van der Waals surface area contributed by atoms with Gasteiger partial charge in [-0.15, -0.1) is 0 Å². The number of pyridine rings is 1. The van der Waals surface area contributed by atoms with Gasteiger partial charge >= 0.3 is 0 Å². The molecule has 1 rings (SSSR count). The summed E-state index contributed by atoms with van der Waals surface area (Å²) in [6.45, 7) is 0. The molecule has 0 amide bonds. The third kappa shape index (κ3) is 3.03. The molecule has 0 aliphatic heterocycles. The molecule has 1 N–H and O–H groups in total. The maximum absolute atomic E-state index is 4.06. The molecule has 0 saturated heterocycles. The van der Waals surface area contributed by atoms with Crippen molar-refractivity contribution in [3.8, 4) is 0 Å². The van der Waals surface area contributed by atoms with Gasteiger partial charge in [0.15, 0.2) is 0 Å². The first-order valence-corrected chi connectivity index (χ1v) is 4.68. The van der Waals surface area contributed by atoms with Crippen molar-refractivity contribution in [2.24, 2.45) is 0 Å². The Bertz CT molecular complexity index is 246. The molecule has 58 valence electrons. The van der Waals surface area contributed by atoms with Gasteiger partial charge in [-0.1, -0.05) is 22.0 Å². The van der Waals surface area contributed by atoms with Crippen molar-refractivity contribution in [1.29, 1.82) is 0 Å². The van der Waals surface area contributed by atoms with Crippen molar-refractivity contribution >= 4 is 37.7 Å². The number of halogens is 2. The number of nitrogens with zero attached hydrogens (tertiary/aromatic N) is 1. The summed E-state index contributed by atoms with van der Waals surface area (Å²) < 4.78 is 0.844. The normalized spacial score (nSPS) is 11.3. The maximum Gasteiger partial charge on any atom is 0.130 e. The molecule has 2 nitrogen and oxygen atoms in total. The summed E-state index contributed by atoms with van der Waals surface area (Å²) in [6, 6.07) is 5.68. The van der Waals surface area contributed by atoms with Crippen molar-refractivity contribution in [2.45, 2.75) is 0 Å². The molecule has 11 heavy (non-hydrogen) atoms. The summed E-state index contributed by atoms with van der Waals surface area (Å²) in [7, 11) is 0. The van der Waals surface area contributed by atoms with E-state index in [-0.39, 0.29) is 0 Å². The van der Waals surface area contributed by atoms with Gasteiger partial charge in [0.25, 0.3) is 0 Å². The zero-order chi connectivity index (χ0) is 8.10. The first-order valence-electron chi connectivity index (χ1n) is 2.97. The van der Waals surface area contributed by atoms with Gasteiger partial charge in [-0.25, -0.2) is 4.98 Å². The van der Waals surface area contributed by atoms with Crippen molar-refractivity contribution in [3.05, 3.63) is 34.0 Å². The highest BCUT2D eigenvalue weighted by Crippen LogP contribution is 2.11. The SMILES string of the molecule is Br/C=C(\Br)Nc1ccccn1. The monoisotopic (exact) mass is 276 g/mol. The Hall–Kier alpha value is -0.350. The minimum Gasteiger partial charge on any atom is -0.334 e. The topological polar surface area (TPSA) is 24.9 Å². The van der Waals surface area contributed by atoms with E-state index >= 15 is 0 Å². The molecule has 0 spiro atoms. The lowest BCUT2D eigenvalue weighted by molar-refractivity contribution is 1.31. The molecule has 0 aliphatic carbocycles. The predicted molar refractivity (Wildman–Crippen MR) is 53.8 cm³/mol. The number of nitrogens with one attached hydrogen (secondary N) is 1. The Kier molecular flexibility index (Phi) is 3.59. The van der Waals surface area contributed by atoms with Gasteiger partial charge in [-0.3, -0.25) is 0 Å². The molecule has 0 bridgehead atoms. The van der Waals surface area contributed by atoms with Gasteiger partial charge in [-0.05, 0) is 28.1 Å². The summed E-state index contributed by atoms with van der Waals surface area (Å²) in [5.41, 5.74) is 0.